The van der Waals surface area contributed by atoms with Crippen LogP contribution in [0.3, 0.4) is 0 Å². The van der Waals surface area contributed by atoms with Gasteiger partial charge in [-0.3, -0.25) is 9.69 Å². The number of hydrogen-bond acceptors (Lipinski definition) is 9. The molecule has 1 amide bonds. The first-order valence-electron chi connectivity index (χ1n) is 13.1. The Morgan fingerprint density at radius 2 is 1.95 bits per heavy atom. The number of ether oxygens (including phenoxy) is 3. The van der Waals surface area contributed by atoms with Crippen LogP contribution < -0.4 is 20.1 Å². The lowest BCUT2D eigenvalue weighted by molar-refractivity contribution is 0.00155. The number of H-pyrrole nitrogens is 1. The molecule has 38 heavy (non-hydrogen) atoms. The lowest BCUT2D eigenvalue weighted by Gasteiger charge is -2.40. The van der Waals surface area contributed by atoms with Crippen molar-refractivity contribution >= 4 is 34.1 Å². The second-order valence-corrected chi connectivity index (χ2v) is 9.65. The second-order valence-electron chi connectivity index (χ2n) is 9.65. The molecule has 5 heterocycles. The van der Waals surface area contributed by atoms with E-state index < -0.39 is 0 Å². The maximum Gasteiger partial charge on any atom is 0.257 e. The molecule has 0 bridgehead atoms. The first-order chi connectivity index (χ1) is 18.7. The number of piperidine rings is 1. The van der Waals surface area contributed by atoms with Crippen molar-refractivity contribution in [2.45, 2.75) is 25.8 Å². The summed E-state index contributed by atoms with van der Waals surface area (Å²) in [6.45, 7) is 7.68. The van der Waals surface area contributed by atoms with Crippen molar-refractivity contribution in [2.24, 2.45) is 0 Å². The van der Waals surface area contributed by atoms with Crippen LogP contribution >= 0.6 is 0 Å². The highest BCUT2D eigenvalue weighted by Gasteiger charge is 2.32. The van der Waals surface area contributed by atoms with Crippen LogP contribution in [0.4, 0.5) is 17.2 Å². The maximum absolute atomic E-state index is 13.5. The zero-order valence-corrected chi connectivity index (χ0v) is 21.4. The van der Waals surface area contributed by atoms with Gasteiger partial charge in [0.1, 0.15) is 17.5 Å². The maximum atomic E-state index is 13.5. The van der Waals surface area contributed by atoms with Crippen LogP contribution in [0.5, 0.6) is 11.5 Å². The smallest absolute Gasteiger partial charge is 0.257 e. The quantitative estimate of drug-likeness (QED) is 0.451. The third kappa shape index (κ3) is 4.46. The van der Waals surface area contributed by atoms with Gasteiger partial charge in [0.25, 0.3) is 5.91 Å². The van der Waals surface area contributed by atoms with E-state index in [9.17, 15) is 10.1 Å². The van der Waals surface area contributed by atoms with Gasteiger partial charge >= 0.3 is 0 Å². The Bertz CT molecular complexity index is 1380. The molecule has 2 saturated heterocycles. The van der Waals surface area contributed by atoms with Crippen molar-refractivity contribution < 1.29 is 19.0 Å². The van der Waals surface area contributed by atoms with Crippen molar-refractivity contribution in [3.63, 3.8) is 0 Å². The molecule has 3 aromatic rings. The third-order valence-electron chi connectivity index (χ3n) is 7.46. The molecule has 1 aromatic carbocycles. The lowest BCUT2D eigenvalue weighted by Crippen LogP contribution is -2.50. The highest BCUT2D eigenvalue weighted by Crippen LogP contribution is 2.44. The van der Waals surface area contributed by atoms with Gasteiger partial charge in [0.05, 0.1) is 41.1 Å². The predicted molar refractivity (Wildman–Crippen MR) is 142 cm³/mol. The van der Waals surface area contributed by atoms with Gasteiger partial charge in [-0.15, -0.1) is 0 Å². The molecule has 3 N–H and O–H groups in total. The molecule has 0 saturated carbocycles. The monoisotopic (exact) mass is 517 g/mol. The second kappa shape index (κ2) is 10.4. The van der Waals surface area contributed by atoms with Gasteiger partial charge in [0, 0.05) is 51.0 Å². The molecule has 11 nitrogen and oxygen atoms in total. The fourth-order valence-electron chi connectivity index (χ4n) is 5.57. The van der Waals surface area contributed by atoms with Gasteiger partial charge in [-0.1, -0.05) is 0 Å². The van der Waals surface area contributed by atoms with Gasteiger partial charge in [-0.05, 0) is 31.9 Å². The summed E-state index contributed by atoms with van der Waals surface area (Å²) < 4.78 is 17.1. The van der Waals surface area contributed by atoms with Crippen molar-refractivity contribution in [1.82, 2.24) is 19.8 Å². The van der Waals surface area contributed by atoms with Gasteiger partial charge in [0.15, 0.2) is 11.5 Å². The van der Waals surface area contributed by atoms with E-state index in [2.05, 4.69) is 31.6 Å². The number of nitrogens with one attached hydrogen (secondary N) is 3. The highest BCUT2D eigenvalue weighted by molar-refractivity contribution is 6.00. The average molecular weight is 518 g/mol. The van der Waals surface area contributed by atoms with Crippen molar-refractivity contribution in [3.05, 3.63) is 35.5 Å². The van der Waals surface area contributed by atoms with E-state index in [1.807, 2.05) is 24.0 Å². The van der Waals surface area contributed by atoms with Gasteiger partial charge in [-0.25, -0.2) is 4.98 Å². The Labute approximate surface area is 220 Å². The standard InChI is InChI=1S/C27H31N7O4/c1-2-29-21-13-22(32-26-23(21)17(14-28)15-30-26)31-20-4-3-19(24-25(20)38-16-37-24)27(35)34-7-5-18(6-8-34)33-9-11-36-12-10-33/h3-4,13,15,18H,2,5-12,16H2,1H3,(H3,29,30,31,32). The van der Waals surface area contributed by atoms with E-state index in [0.29, 0.717) is 65.5 Å². The Morgan fingerprint density at radius 3 is 2.71 bits per heavy atom. The van der Waals surface area contributed by atoms with E-state index in [4.69, 9.17) is 14.2 Å². The summed E-state index contributed by atoms with van der Waals surface area (Å²) in [7, 11) is 0. The number of fused-ring (bicyclic) bond motifs is 2. The molecule has 198 valence electrons. The molecule has 3 aliphatic rings. The summed E-state index contributed by atoms with van der Waals surface area (Å²) in [4.78, 5) is 25.6. The van der Waals surface area contributed by atoms with Crippen LogP contribution in [0, 0.1) is 11.3 Å². The Balaban J connectivity index is 1.21. The number of benzene rings is 1. The van der Waals surface area contributed by atoms with E-state index in [0.717, 1.165) is 50.2 Å². The summed E-state index contributed by atoms with van der Waals surface area (Å²) in [6.07, 6.45) is 3.57. The Hall–Kier alpha value is -4.01. The molecule has 3 aliphatic heterocycles. The largest absolute Gasteiger partial charge is 0.453 e. The number of pyridine rings is 1. The average Bonchev–Trinajstić information content (AvgIpc) is 3.62. The van der Waals surface area contributed by atoms with Crippen LogP contribution in [-0.2, 0) is 4.74 Å². The summed E-state index contributed by atoms with van der Waals surface area (Å²) in [6, 6.07) is 8.18. The van der Waals surface area contributed by atoms with Crippen LogP contribution in [0.15, 0.2) is 24.4 Å². The number of nitrogens with zero attached hydrogens (tertiary/aromatic N) is 4. The molecule has 0 radical (unpaired) electrons. The molecule has 0 unspecified atom stereocenters. The number of rotatable bonds is 6. The molecule has 2 fully saturated rings. The first kappa shape index (κ1) is 24.3. The molecule has 2 aromatic heterocycles. The van der Waals surface area contributed by atoms with Crippen molar-refractivity contribution in [1.29, 1.82) is 5.26 Å². The number of likely N-dealkylation sites (tertiary alicyclic amines) is 1. The van der Waals surface area contributed by atoms with E-state index in [-0.39, 0.29) is 12.7 Å². The van der Waals surface area contributed by atoms with Crippen molar-refractivity contribution in [3.8, 4) is 17.6 Å². The summed E-state index contributed by atoms with van der Waals surface area (Å²) in [5, 5.41) is 16.8. The number of aromatic amines is 1. The Kier molecular flexibility index (Phi) is 6.66. The predicted octanol–water partition coefficient (Wildman–Crippen LogP) is 3.28. The molecular weight excluding hydrogens is 486 g/mol. The van der Waals surface area contributed by atoms with E-state index >= 15 is 0 Å². The lowest BCUT2D eigenvalue weighted by atomic mass is 10.0. The number of carbonyl (C=O) groups excluding carboxylic acids is 1. The molecule has 0 aliphatic carbocycles. The number of anilines is 3. The fourth-order valence-corrected chi connectivity index (χ4v) is 5.57. The van der Waals surface area contributed by atoms with Crippen molar-refractivity contribution in [2.75, 3.05) is 63.4 Å². The number of hydrogen-bond donors (Lipinski definition) is 3. The number of carbonyl (C=O) groups is 1. The zero-order chi connectivity index (χ0) is 26.1. The minimum absolute atomic E-state index is 0.0388. The van der Waals surface area contributed by atoms with E-state index in [1.165, 1.54) is 0 Å². The fraction of sp³-hybridized carbons (Fsp3) is 0.444. The minimum atomic E-state index is -0.0388. The SMILES string of the molecule is CCNc1cc(Nc2ccc(C(=O)N3CCC(N4CCOCC4)CC3)c3c2OCO3)nc2[nH]cc(C#N)c12. The number of amides is 1. The number of aromatic nitrogens is 2. The number of morpholine rings is 1. The van der Waals surface area contributed by atoms with Crippen LogP contribution in [0.2, 0.25) is 0 Å². The van der Waals surface area contributed by atoms with E-state index in [1.54, 1.807) is 12.3 Å². The topological polar surface area (TPSA) is 128 Å². The minimum Gasteiger partial charge on any atom is -0.453 e. The molecule has 0 atom stereocenters. The number of nitriles is 1. The first-order valence-corrected chi connectivity index (χ1v) is 13.1. The molecular formula is C27H31N7O4. The normalized spacial score (nSPS) is 17.9. The van der Waals surface area contributed by atoms with Gasteiger partial charge in [-0.2, -0.15) is 5.26 Å². The summed E-state index contributed by atoms with van der Waals surface area (Å²) in [5.74, 6) is 1.48. The molecule has 6 rings (SSSR count). The molecule has 11 heteroatoms. The highest BCUT2D eigenvalue weighted by atomic mass is 16.7. The van der Waals surface area contributed by atoms with Crippen LogP contribution in [0.25, 0.3) is 11.0 Å². The van der Waals surface area contributed by atoms with Crippen LogP contribution in [0.1, 0.15) is 35.7 Å². The zero-order valence-electron chi connectivity index (χ0n) is 21.4. The summed E-state index contributed by atoms with van der Waals surface area (Å²) in [5.41, 5.74) is 3.10. The van der Waals surface area contributed by atoms with Crippen LogP contribution in [-0.4, -0.2) is 84.4 Å². The van der Waals surface area contributed by atoms with Gasteiger partial charge < -0.3 is 34.7 Å². The van der Waals surface area contributed by atoms with Gasteiger partial charge in [0.2, 0.25) is 6.79 Å². The summed E-state index contributed by atoms with van der Waals surface area (Å²) >= 11 is 0. The Morgan fingerprint density at radius 1 is 1.16 bits per heavy atom. The molecule has 0 spiro atoms. The third-order valence-corrected chi connectivity index (χ3v) is 7.46.